The largest absolute Gasteiger partial charge is 0.137 e. The first-order chi connectivity index (χ1) is 7.38. The van der Waals surface area contributed by atoms with Crippen molar-refractivity contribution in [3.05, 3.63) is 47.3 Å². The van der Waals surface area contributed by atoms with Gasteiger partial charge in [-0.25, -0.2) is 0 Å². The van der Waals surface area contributed by atoms with Crippen molar-refractivity contribution in [2.75, 3.05) is 0 Å². The zero-order valence-corrected chi connectivity index (χ0v) is 10.4. The van der Waals surface area contributed by atoms with Crippen LogP contribution in [0.2, 0.25) is 0 Å². The SMILES string of the molecule is CCCc1ccc(Sc2cccs2)cc1. The Bertz CT molecular complexity index is 387. The summed E-state index contributed by atoms with van der Waals surface area (Å²) in [6.07, 6.45) is 2.40. The number of thiophene rings is 1. The maximum Gasteiger partial charge on any atom is 0.0646 e. The van der Waals surface area contributed by atoms with Gasteiger partial charge in [-0.3, -0.25) is 0 Å². The lowest BCUT2D eigenvalue weighted by atomic mass is 10.1. The first-order valence-corrected chi connectivity index (χ1v) is 6.88. The monoisotopic (exact) mass is 234 g/mol. The van der Waals surface area contributed by atoms with E-state index >= 15 is 0 Å². The Labute approximate surface area is 99.3 Å². The Hall–Kier alpha value is -0.730. The van der Waals surface area contributed by atoms with Crippen molar-refractivity contribution in [1.82, 2.24) is 0 Å². The van der Waals surface area contributed by atoms with Crippen LogP contribution in [0.4, 0.5) is 0 Å². The predicted octanol–water partition coefficient (Wildman–Crippen LogP) is 4.85. The van der Waals surface area contributed by atoms with Crippen LogP contribution in [0.5, 0.6) is 0 Å². The van der Waals surface area contributed by atoms with Crippen LogP contribution in [0.1, 0.15) is 18.9 Å². The molecule has 0 aliphatic carbocycles. The van der Waals surface area contributed by atoms with Gasteiger partial charge >= 0.3 is 0 Å². The van der Waals surface area contributed by atoms with Gasteiger partial charge in [-0.15, -0.1) is 11.3 Å². The highest BCUT2D eigenvalue weighted by molar-refractivity contribution is 8.01. The van der Waals surface area contributed by atoms with Crippen molar-refractivity contribution < 1.29 is 0 Å². The van der Waals surface area contributed by atoms with Crippen LogP contribution in [0.15, 0.2) is 50.9 Å². The van der Waals surface area contributed by atoms with Crippen molar-refractivity contribution in [1.29, 1.82) is 0 Å². The third-order valence-electron chi connectivity index (χ3n) is 2.18. The standard InChI is InChI=1S/C13H14S2/c1-2-4-11-6-8-12(9-7-11)15-13-5-3-10-14-13/h3,5-10H,2,4H2,1H3. The molecule has 0 nitrogen and oxygen atoms in total. The summed E-state index contributed by atoms with van der Waals surface area (Å²) in [5, 5.41) is 2.12. The van der Waals surface area contributed by atoms with Gasteiger partial charge in [0.25, 0.3) is 0 Å². The van der Waals surface area contributed by atoms with E-state index in [0.29, 0.717) is 0 Å². The van der Waals surface area contributed by atoms with E-state index in [4.69, 9.17) is 0 Å². The summed E-state index contributed by atoms with van der Waals surface area (Å²) in [6.45, 7) is 2.22. The average molecular weight is 234 g/mol. The molecular weight excluding hydrogens is 220 g/mol. The molecule has 1 heterocycles. The van der Waals surface area contributed by atoms with Gasteiger partial charge in [-0.05, 0) is 35.6 Å². The molecule has 0 N–H and O–H groups in total. The Morgan fingerprint density at radius 1 is 1.13 bits per heavy atom. The highest BCUT2D eigenvalue weighted by Crippen LogP contribution is 2.31. The van der Waals surface area contributed by atoms with Gasteiger partial charge in [0.15, 0.2) is 0 Å². The molecule has 0 spiro atoms. The van der Waals surface area contributed by atoms with Crippen molar-refractivity contribution in [3.8, 4) is 0 Å². The fourth-order valence-corrected chi connectivity index (χ4v) is 3.20. The average Bonchev–Trinajstić information content (AvgIpc) is 2.74. The summed E-state index contributed by atoms with van der Waals surface area (Å²) in [6, 6.07) is 13.2. The molecule has 0 amide bonds. The van der Waals surface area contributed by atoms with Crippen LogP contribution >= 0.6 is 23.1 Å². The minimum Gasteiger partial charge on any atom is -0.137 e. The van der Waals surface area contributed by atoms with Crippen LogP contribution in [-0.4, -0.2) is 0 Å². The van der Waals surface area contributed by atoms with Crippen molar-refractivity contribution in [2.45, 2.75) is 28.9 Å². The minimum atomic E-state index is 1.18. The number of rotatable bonds is 4. The minimum absolute atomic E-state index is 1.18. The molecular formula is C13H14S2. The fraction of sp³-hybridized carbons (Fsp3) is 0.231. The summed E-state index contributed by atoms with van der Waals surface area (Å²) in [5.41, 5.74) is 1.44. The molecule has 2 heteroatoms. The van der Waals surface area contributed by atoms with Crippen LogP contribution in [0, 0.1) is 0 Å². The second kappa shape index (κ2) is 5.38. The summed E-state index contributed by atoms with van der Waals surface area (Å²) in [7, 11) is 0. The normalized spacial score (nSPS) is 10.5. The lowest BCUT2D eigenvalue weighted by Crippen LogP contribution is -1.81. The first kappa shape index (κ1) is 10.8. The van der Waals surface area contributed by atoms with Crippen LogP contribution in [-0.2, 0) is 6.42 Å². The van der Waals surface area contributed by atoms with E-state index in [2.05, 4.69) is 48.7 Å². The molecule has 1 aromatic carbocycles. The Balaban J connectivity index is 2.04. The van der Waals surface area contributed by atoms with E-state index in [1.807, 2.05) is 11.8 Å². The second-order valence-electron chi connectivity index (χ2n) is 3.43. The molecule has 0 saturated carbocycles. The smallest absolute Gasteiger partial charge is 0.0646 e. The predicted molar refractivity (Wildman–Crippen MR) is 68.9 cm³/mol. The fourth-order valence-electron chi connectivity index (χ4n) is 1.45. The topological polar surface area (TPSA) is 0 Å². The van der Waals surface area contributed by atoms with E-state index in [0.717, 1.165) is 0 Å². The van der Waals surface area contributed by atoms with E-state index in [1.54, 1.807) is 11.3 Å². The van der Waals surface area contributed by atoms with Gasteiger partial charge in [-0.1, -0.05) is 43.3 Å². The molecule has 2 aromatic rings. The molecule has 0 saturated heterocycles. The van der Waals surface area contributed by atoms with Crippen molar-refractivity contribution in [3.63, 3.8) is 0 Å². The summed E-state index contributed by atoms with van der Waals surface area (Å²) >= 11 is 3.63. The lowest BCUT2D eigenvalue weighted by molar-refractivity contribution is 0.920. The summed E-state index contributed by atoms with van der Waals surface area (Å²) < 4.78 is 1.36. The molecule has 0 aliphatic heterocycles. The van der Waals surface area contributed by atoms with E-state index < -0.39 is 0 Å². The Morgan fingerprint density at radius 3 is 2.53 bits per heavy atom. The molecule has 2 rings (SSSR count). The molecule has 15 heavy (non-hydrogen) atoms. The number of aryl methyl sites for hydroxylation is 1. The van der Waals surface area contributed by atoms with Gasteiger partial charge in [0, 0.05) is 4.90 Å². The van der Waals surface area contributed by atoms with Gasteiger partial charge in [0.1, 0.15) is 0 Å². The van der Waals surface area contributed by atoms with Gasteiger partial charge in [0.05, 0.1) is 4.21 Å². The van der Waals surface area contributed by atoms with E-state index in [1.165, 1.54) is 27.5 Å². The highest BCUT2D eigenvalue weighted by Gasteiger charge is 1.98. The molecule has 0 radical (unpaired) electrons. The molecule has 0 fully saturated rings. The second-order valence-corrected chi connectivity index (χ2v) is 5.75. The van der Waals surface area contributed by atoms with E-state index in [9.17, 15) is 0 Å². The first-order valence-electron chi connectivity index (χ1n) is 5.19. The molecule has 0 aliphatic rings. The van der Waals surface area contributed by atoms with E-state index in [-0.39, 0.29) is 0 Å². The number of benzene rings is 1. The van der Waals surface area contributed by atoms with Gasteiger partial charge in [0.2, 0.25) is 0 Å². The quantitative estimate of drug-likeness (QED) is 0.728. The molecule has 0 unspecified atom stereocenters. The molecule has 1 aromatic heterocycles. The number of hydrogen-bond donors (Lipinski definition) is 0. The zero-order valence-electron chi connectivity index (χ0n) is 8.77. The molecule has 0 atom stereocenters. The summed E-state index contributed by atoms with van der Waals surface area (Å²) in [5.74, 6) is 0. The van der Waals surface area contributed by atoms with Crippen LogP contribution < -0.4 is 0 Å². The van der Waals surface area contributed by atoms with Gasteiger partial charge < -0.3 is 0 Å². The van der Waals surface area contributed by atoms with Crippen molar-refractivity contribution in [2.24, 2.45) is 0 Å². The Morgan fingerprint density at radius 2 is 1.93 bits per heavy atom. The van der Waals surface area contributed by atoms with Gasteiger partial charge in [-0.2, -0.15) is 0 Å². The lowest BCUT2D eigenvalue weighted by Gasteiger charge is -2.01. The Kier molecular flexibility index (Phi) is 3.87. The molecule has 0 bridgehead atoms. The van der Waals surface area contributed by atoms with Crippen molar-refractivity contribution >= 4 is 23.1 Å². The zero-order chi connectivity index (χ0) is 10.5. The van der Waals surface area contributed by atoms with Crippen LogP contribution in [0.25, 0.3) is 0 Å². The number of hydrogen-bond acceptors (Lipinski definition) is 2. The summed E-state index contributed by atoms with van der Waals surface area (Å²) in [4.78, 5) is 1.33. The maximum absolute atomic E-state index is 2.24. The molecule has 78 valence electrons. The third kappa shape index (κ3) is 3.11. The third-order valence-corrected chi connectivity index (χ3v) is 4.22. The van der Waals surface area contributed by atoms with Crippen LogP contribution in [0.3, 0.4) is 0 Å². The maximum atomic E-state index is 2.24. The highest BCUT2D eigenvalue weighted by atomic mass is 32.2.